The molecule has 0 spiro atoms. The number of amides is 2. The van der Waals surface area contributed by atoms with Crippen LogP contribution in [0.3, 0.4) is 0 Å². The minimum absolute atomic E-state index is 0.115. The summed E-state index contributed by atoms with van der Waals surface area (Å²) in [7, 11) is 1.59. The highest BCUT2D eigenvalue weighted by atomic mass is 16.5. The number of nitrogens with two attached hydrogens (primary N) is 1. The summed E-state index contributed by atoms with van der Waals surface area (Å²) in [5.74, 6) is 0.620. The SMILES string of the molecule is CCCOc1ccc(C=CC(=O)N2CCCC(C(N)=O)C2)cc1OC. The fraction of sp³-hybridized carbons (Fsp3) is 0.474. The third kappa shape index (κ3) is 5.24. The van der Waals surface area contributed by atoms with Crippen LogP contribution in [0.5, 0.6) is 11.5 Å². The number of piperidine rings is 1. The smallest absolute Gasteiger partial charge is 0.246 e. The zero-order valence-electron chi connectivity index (χ0n) is 14.9. The number of likely N-dealkylation sites (tertiary alicyclic amines) is 1. The quantitative estimate of drug-likeness (QED) is 0.768. The first-order chi connectivity index (χ1) is 12.0. The van der Waals surface area contributed by atoms with Gasteiger partial charge in [0.05, 0.1) is 19.6 Å². The number of hydrogen-bond donors (Lipinski definition) is 1. The summed E-state index contributed by atoms with van der Waals surface area (Å²) in [5.41, 5.74) is 6.20. The van der Waals surface area contributed by atoms with E-state index in [9.17, 15) is 9.59 Å². The maximum Gasteiger partial charge on any atom is 0.246 e. The van der Waals surface area contributed by atoms with Gasteiger partial charge in [-0.3, -0.25) is 9.59 Å². The Hall–Kier alpha value is -2.50. The van der Waals surface area contributed by atoms with Crippen molar-refractivity contribution < 1.29 is 19.1 Å². The van der Waals surface area contributed by atoms with Crippen molar-refractivity contribution in [1.29, 1.82) is 0 Å². The van der Waals surface area contributed by atoms with Crippen LogP contribution < -0.4 is 15.2 Å². The molecule has 0 bridgehead atoms. The maximum atomic E-state index is 12.3. The fourth-order valence-electron chi connectivity index (χ4n) is 2.80. The van der Waals surface area contributed by atoms with Gasteiger partial charge in [0.1, 0.15) is 0 Å². The number of methoxy groups -OCH3 is 1. The van der Waals surface area contributed by atoms with E-state index < -0.39 is 0 Å². The maximum absolute atomic E-state index is 12.3. The van der Waals surface area contributed by atoms with E-state index >= 15 is 0 Å². The lowest BCUT2D eigenvalue weighted by Crippen LogP contribution is -2.43. The molecule has 0 aliphatic carbocycles. The van der Waals surface area contributed by atoms with Crippen LogP contribution in [-0.4, -0.2) is 43.5 Å². The molecule has 0 radical (unpaired) electrons. The summed E-state index contributed by atoms with van der Waals surface area (Å²) in [6.07, 6.45) is 5.72. The van der Waals surface area contributed by atoms with Crippen LogP contribution >= 0.6 is 0 Å². The lowest BCUT2D eigenvalue weighted by molar-refractivity contribution is -0.130. The van der Waals surface area contributed by atoms with Crippen molar-refractivity contribution in [2.45, 2.75) is 26.2 Å². The molecule has 1 unspecified atom stereocenters. The molecular formula is C19H26N2O4. The summed E-state index contributed by atoms with van der Waals surface area (Å²) >= 11 is 0. The van der Waals surface area contributed by atoms with E-state index in [1.54, 1.807) is 18.1 Å². The van der Waals surface area contributed by atoms with E-state index in [4.69, 9.17) is 15.2 Å². The molecule has 25 heavy (non-hydrogen) atoms. The van der Waals surface area contributed by atoms with Crippen molar-refractivity contribution in [3.63, 3.8) is 0 Å². The fourth-order valence-corrected chi connectivity index (χ4v) is 2.80. The molecule has 6 heteroatoms. The second-order valence-corrected chi connectivity index (χ2v) is 6.12. The van der Waals surface area contributed by atoms with Crippen LogP contribution in [0.25, 0.3) is 6.08 Å². The Kier molecular flexibility index (Phi) is 6.86. The minimum atomic E-state index is -0.339. The van der Waals surface area contributed by atoms with E-state index in [1.165, 1.54) is 6.08 Å². The van der Waals surface area contributed by atoms with Crippen molar-refractivity contribution in [3.05, 3.63) is 29.8 Å². The van der Waals surface area contributed by atoms with Gasteiger partial charge in [-0.05, 0) is 43.0 Å². The third-order valence-corrected chi connectivity index (χ3v) is 4.20. The standard InChI is InChI=1S/C19H26N2O4/c1-3-11-25-16-8-6-14(12-17(16)24-2)7-9-18(22)21-10-4-5-15(13-21)19(20)23/h6-9,12,15H,3-5,10-11,13H2,1-2H3,(H2,20,23). The van der Waals surface area contributed by atoms with Crippen molar-refractivity contribution in [2.75, 3.05) is 26.8 Å². The highest BCUT2D eigenvalue weighted by Crippen LogP contribution is 2.28. The molecule has 0 saturated carbocycles. The first kappa shape index (κ1) is 18.8. The van der Waals surface area contributed by atoms with E-state index in [2.05, 4.69) is 0 Å². The summed E-state index contributed by atoms with van der Waals surface area (Å²) < 4.78 is 11.0. The van der Waals surface area contributed by atoms with Crippen molar-refractivity contribution >= 4 is 17.9 Å². The summed E-state index contributed by atoms with van der Waals surface area (Å²) in [6.45, 7) is 3.71. The molecule has 1 aromatic rings. The zero-order valence-corrected chi connectivity index (χ0v) is 14.9. The van der Waals surface area contributed by atoms with Crippen LogP contribution in [0.4, 0.5) is 0 Å². The van der Waals surface area contributed by atoms with Crippen molar-refractivity contribution in [2.24, 2.45) is 11.7 Å². The number of benzene rings is 1. The first-order valence-electron chi connectivity index (χ1n) is 8.62. The van der Waals surface area contributed by atoms with E-state index in [-0.39, 0.29) is 17.7 Å². The highest BCUT2D eigenvalue weighted by Gasteiger charge is 2.25. The number of carbonyl (C=O) groups excluding carboxylic acids is 2. The van der Waals surface area contributed by atoms with Crippen LogP contribution in [0.2, 0.25) is 0 Å². The Morgan fingerprint density at radius 2 is 2.16 bits per heavy atom. The van der Waals surface area contributed by atoms with Crippen LogP contribution in [0, 0.1) is 5.92 Å². The lowest BCUT2D eigenvalue weighted by atomic mass is 9.97. The van der Waals surface area contributed by atoms with Crippen LogP contribution in [0.1, 0.15) is 31.7 Å². The predicted molar refractivity (Wildman–Crippen MR) is 96.3 cm³/mol. The summed E-state index contributed by atoms with van der Waals surface area (Å²) in [6, 6.07) is 5.54. The number of ether oxygens (including phenoxy) is 2. The Morgan fingerprint density at radius 3 is 2.84 bits per heavy atom. The monoisotopic (exact) mass is 346 g/mol. The minimum Gasteiger partial charge on any atom is -0.493 e. The molecule has 1 aromatic carbocycles. The molecule has 1 heterocycles. The van der Waals surface area contributed by atoms with Crippen LogP contribution in [-0.2, 0) is 9.59 Å². The van der Waals surface area contributed by atoms with Crippen LogP contribution in [0.15, 0.2) is 24.3 Å². The summed E-state index contributed by atoms with van der Waals surface area (Å²) in [4.78, 5) is 25.3. The molecule has 1 aliphatic rings. The molecule has 6 nitrogen and oxygen atoms in total. The third-order valence-electron chi connectivity index (χ3n) is 4.20. The Morgan fingerprint density at radius 1 is 1.36 bits per heavy atom. The van der Waals surface area contributed by atoms with Gasteiger partial charge in [0.25, 0.3) is 0 Å². The van der Waals surface area contributed by atoms with Gasteiger partial charge in [0.2, 0.25) is 11.8 Å². The van der Waals surface area contributed by atoms with E-state index in [0.717, 1.165) is 24.8 Å². The average Bonchev–Trinajstić information content (AvgIpc) is 2.64. The lowest BCUT2D eigenvalue weighted by Gasteiger charge is -2.30. The Labute approximate surface area is 148 Å². The molecule has 1 aliphatic heterocycles. The highest BCUT2D eigenvalue weighted by molar-refractivity contribution is 5.92. The van der Waals surface area contributed by atoms with Gasteiger partial charge in [-0.2, -0.15) is 0 Å². The van der Waals surface area contributed by atoms with Crippen molar-refractivity contribution in [1.82, 2.24) is 4.90 Å². The molecule has 2 amide bonds. The number of primary amides is 1. The average molecular weight is 346 g/mol. The first-order valence-corrected chi connectivity index (χ1v) is 8.62. The van der Waals surface area contributed by atoms with Gasteiger partial charge in [0, 0.05) is 19.2 Å². The Bertz CT molecular complexity index is 642. The second-order valence-electron chi connectivity index (χ2n) is 6.12. The zero-order chi connectivity index (χ0) is 18.2. The van der Waals surface area contributed by atoms with Gasteiger partial charge < -0.3 is 20.1 Å². The van der Waals surface area contributed by atoms with Crippen molar-refractivity contribution in [3.8, 4) is 11.5 Å². The molecular weight excluding hydrogens is 320 g/mol. The Balaban J connectivity index is 2.02. The number of rotatable bonds is 7. The molecule has 136 valence electrons. The van der Waals surface area contributed by atoms with Gasteiger partial charge in [-0.15, -0.1) is 0 Å². The van der Waals surface area contributed by atoms with Gasteiger partial charge >= 0.3 is 0 Å². The topological polar surface area (TPSA) is 81.9 Å². The molecule has 1 fully saturated rings. The normalized spacial score (nSPS) is 17.5. The summed E-state index contributed by atoms with van der Waals surface area (Å²) in [5, 5.41) is 0. The molecule has 1 atom stereocenters. The van der Waals surface area contributed by atoms with E-state index in [1.807, 2.05) is 25.1 Å². The van der Waals surface area contributed by atoms with Gasteiger partial charge in [0.15, 0.2) is 11.5 Å². The van der Waals surface area contributed by atoms with Gasteiger partial charge in [-0.1, -0.05) is 13.0 Å². The predicted octanol–water partition coefficient (Wildman–Crippen LogP) is 2.22. The van der Waals surface area contributed by atoms with Gasteiger partial charge in [-0.25, -0.2) is 0 Å². The molecule has 1 saturated heterocycles. The number of carbonyl (C=O) groups is 2. The van der Waals surface area contributed by atoms with E-state index in [0.29, 0.717) is 31.2 Å². The molecule has 0 aromatic heterocycles. The molecule has 2 N–H and O–H groups in total. The number of nitrogens with zero attached hydrogens (tertiary/aromatic N) is 1. The molecule has 2 rings (SSSR count). The second kappa shape index (κ2) is 9.11. The number of hydrogen-bond acceptors (Lipinski definition) is 4. The largest absolute Gasteiger partial charge is 0.493 e.